The van der Waals surface area contributed by atoms with Crippen molar-refractivity contribution in [3.63, 3.8) is 0 Å². The molecule has 6 nitrogen and oxygen atoms in total. The van der Waals surface area contributed by atoms with E-state index in [1.807, 2.05) is 0 Å². The Hall–Kier alpha value is -0.690. The van der Waals surface area contributed by atoms with Crippen LogP contribution in [-0.2, 0) is 19.0 Å². The summed E-state index contributed by atoms with van der Waals surface area (Å²) < 4.78 is 16.3. The molecule has 0 aliphatic carbocycles. The average molecular weight is 260 g/mol. The first kappa shape index (κ1) is 13.7. The summed E-state index contributed by atoms with van der Waals surface area (Å²) in [7, 11) is 0. The lowest BCUT2D eigenvalue weighted by Crippen LogP contribution is -2.38. The van der Waals surface area contributed by atoms with Gasteiger partial charge in [0.2, 0.25) is 0 Å². The van der Waals surface area contributed by atoms with E-state index in [1.165, 1.54) is 0 Å². The van der Waals surface area contributed by atoms with Gasteiger partial charge in [-0.05, 0) is 13.3 Å². The van der Waals surface area contributed by atoms with Gasteiger partial charge in [-0.2, -0.15) is 0 Å². The van der Waals surface area contributed by atoms with Crippen LogP contribution < -0.4 is 0 Å². The lowest BCUT2D eigenvalue weighted by molar-refractivity contribution is -0.192. The molecule has 0 aromatic carbocycles. The topological polar surface area (TPSA) is 85.2 Å². The molecule has 3 atom stereocenters. The molecule has 0 radical (unpaired) electrons. The van der Waals surface area contributed by atoms with Crippen molar-refractivity contribution < 1.29 is 29.2 Å². The van der Waals surface area contributed by atoms with E-state index in [-0.39, 0.29) is 6.42 Å². The standard InChI is InChI=1S/C12H20O6/c1-8(13)2-3-12(16-4-5-17-12)7-10-9(14)6-11(15)18-10/h8-10,13-14H,2-7H2,1H3/t8-,9+,10+/m1/s1. The number of hydrogen-bond acceptors (Lipinski definition) is 6. The van der Waals surface area contributed by atoms with Crippen LogP contribution in [0.1, 0.15) is 32.6 Å². The van der Waals surface area contributed by atoms with Crippen molar-refractivity contribution in [1.29, 1.82) is 0 Å². The van der Waals surface area contributed by atoms with Crippen molar-refractivity contribution in [3.05, 3.63) is 0 Å². The molecule has 2 aliphatic rings. The molecule has 104 valence electrons. The van der Waals surface area contributed by atoms with Crippen molar-refractivity contribution >= 4 is 5.97 Å². The second kappa shape index (κ2) is 5.52. The van der Waals surface area contributed by atoms with E-state index in [9.17, 15) is 15.0 Å². The Morgan fingerprint density at radius 1 is 1.44 bits per heavy atom. The molecule has 18 heavy (non-hydrogen) atoms. The third-order valence-electron chi connectivity index (χ3n) is 3.36. The first-order valence-electron chi connectivity index (χ1n) is 6.34. The van der Waals surface area contributed by atoms with Crippen molar-refractivity contribution in [2.24, 2.45) is 0 Å². The summed E-state index contributed by atoms with van der Waals surface area (Å²) in [5, 5.41) is 19.0. The first-order valence-corrected chi connectivity index (χ1v) is 6.34. The Kier molecular flexibility index (Phi) is 4.21. The van der Waals surface area contributed by atoms with Crippen LogP contribution >= 0.6 is 0 Å². The van der Waals surface area contributed by atoms with Gasteiger partial charge in [0.05, 0.1) is 25.7 Å². The molecule has 0 amide bonds. The van der Waals surface area contributed by atoms with Crippen LogP contribution in [0, 0.1) is 0 Å². The van der Waals surface area contributed by atoms with Gasteiger partial charge >= 0.3 is 5.97 Å². The van der Waals surface area contributed by atoms with Crippen LogP contribution in [0.2, 0.25) is 0 Å². The van der Waals surface area contributed by atoms with E-state index in [4.69, 9.17) is 14.2 Å². The highest BCUT2D eigenvalue weighted by Crippen LogP contribution is 2.34. The monoisotopic (exact) mass is 260 g/mol. The summed E-state index contributed by atoms with van der Waals surface area (Å²) in [5.41, 5.74) is 0. The van der Waals surface area contributed by atoms with Crippen molar-refractivity contribution in [2.45, 2.75) is 56.7 Å². The fraction of sp³-hybridized carbons (Fsp3) is 0.917. The van der Waals surface area contributed by atoms with Gasteiger partial charge in [-0.3, -0.25) is 4.79 Å². The van der Waals surface area contributed by atoms with Crippen LogP contribution in [0.15, 0.2) is 0 Å². The maximum absolute atomic E-state index is 11.1. The lowest BCUT2D eigenvalue weighted by Gasteiger charge is -2.30. The quantitative estimate of drug-likeness (QED) is 0.675. The molecule has 2 fully saturated rings. The molecule has 0 bridgehead atoms. The summed E-state index contributed by atoms with van der Waals surface area (Å²) in [6, 6.07) is 0. The number of esters is 1. The molecule has 0 unspecified atom stereocenters. The molecule has 2 saturated heterocycles. The molecule has 2 N–H and O–H groups in total. The highest BCUT2D eigenvalue weighted by molar-refractivity contribution is 5.72. The number of hydrogen-bond donors (Lipinski definition) is 2. The number of carbonyl (C=O) groups is 1. The van der Waals surface area contributed by atoms with Gasteiger partial charge in [0, 0.05) is 12.8 Å². The van der Waals surface area contributed by atoms with Crippen molar-refractivity contribution in [2.75, 3.05) is 13.2 Å². The zero-order chi connectivity index (χ0) is 13.2. The summed E-state index contributed by atoms with van der Waals surface area (Å²) in [5.74, 6) is -1.23. The van der Waals surface area contributed by atoms with Crippen LogP contribution in [0.25, 0.3) is 0 Å². The fourth-order valence-electron chi connectivity index (χ4n) is 2.37. The second-order valence-electron chi connectivity index (χ2n) is 5.00. The summed E-state index contributed by atoms with van der Waals surface area (Å²) in [6.45, 7) is 2.67. The van der Waals surface area contributed by atoms with Crippen molar-refractivity contribution in [1.82, 2.24) is 0 Å². The minimum atomic E-state index is -0.840. The molecular weight excluding hydrogens is 240 g/mol. The third-order valence-corrected chi connectivity index (χ3v) is 3.36. The van der Waals surface area contributed by atoms with E-state index in [0.717, 1.165) is 0 Å². The smallest absolute Gasteiger partial charge is 0.308 e. The van der Waals surface area contributed by atoms with Gasteiger partial charge in [0.25, 0.3) is 0 Å². The van der Waals surface area contributed by atoms with Crippen LogP contribution in [-0.4, -0.2) is 53.5 Å². The predicted molar refractivity (Wildman–Crippen MR) is 60.7 cm³/mol. The molecule has 0 aromatic heterocycles. The SMILES string of the molecule is C[C@@H](O)CCC1(C[C@@H]2OC(=O)C[C@@H]2O)OCCO1. The molecule has 2 heterocycles. The Balaban J connectivity index is 1.95. The molecule has 0 spiro atoms. The van der Waals surface area contributed by atoms with E-state index >= 15 is 0 Å². The highest BCUT2D eigenvalue weighted by Gasteiger charge is 2.44. The van der Waals surface area contributed by atoms with Gasteiger partial charge in [0.15, 0.2) is 5.79 Å². The van der Waals surface area contributed by atoms with Gasteiger partial charge in [-0.25, -0.2) is 0 Å². The number of aliphatic hydroxyl groups excluding tert-OH is 2. The maximum atomic E-state index is 11.1. The normalized spacial score (nSPS) is 32.5. The van der Waals surface area contributed by atoms with Gasteiger partial charge in [0.1, 0.15) is 12.2 Å². The maximum Gasteiger partial charge on any atom is 0.308 e. The molecule has 2 aliphatic heterocycles. The Morgan fingerprint density at radius 2 is 2.11 bits per heavy atom. The zero-order valence-electron chi connectivity index (χ0n) is 10.5. The summed E-state index contributed by atoms with van der Waals surface area (Å²) >= 11 is 0. The Labute approximate surface area is 106 Å². The van der Waals surface area contributed by atoms with Crippen LogP contribution in [0.3, 0.4) is 0 Å². The number of rotatable bonds is 5. The number of cyclic esters (lactones) is 1. The minimum Gasteiger partial charge on any atom is -0.459 e. The summed E-state index contributed by atoms with van der Waals surface area (Å²) in [6.07, 6.45) is -0.421. The first-order chi connectivity index (χ1) is 8.51. The Bertz CT molecular complexity index is 297. The van der Waals surface area contributed by atoms with E-state index in [0.29, 0.717) is 32.5 Å². The minimum absolute atomic E-state index is 0.0249. The predicted octanol–water partition coefficient (Wildman–Crippen LogP) is -0.0430. The van der Waals surface area contributed by atoms with Crippen molar-refractivity contribution in [3.8, 4) is 0 Å². The highest BCUT2D eigenvalue weighted by atomic mass is 16.7. The lowest BCUT2D eigenvalue weighted by atomic mass is 9.98. The molecule has 2 rings (SSSR count). The fourth-order valence-corrected chi connectivity index (χ4v) is 2.37. The van der Waals surface area contributed by atoms with Gasteiger partial charge in [-0.15, -0.1) is 0 Å². The molecule has 6 heteroatoms. The average Bonchev–Trinajstić information content (AvgIpc) is 2.85. The zero-order valence-corrected chi connectivity index (χ0v) is 10.5. The number of aliphatic hydroxyl groups is 2. The van der Waals surface area contributed by atoms with Gasteiger partial charge in [-0.1, -0.05) is 0 Å². The largest absolute Gasteiger partial charge is 0.459 e. The second-order valence-corrected chi connectivity index (χ2v) is 5.00. The van der Waals surface area contributed by atoms with Crippen LogP contribution in [0.5, 0.6) is 0 Å². The molecular formula is C12H20O6. The Morgan fingerprint density at radius 3 is 2.61 bits per heavy atom. The number of carbonyl (C=O) groups excluding carboxylic acids is 1. The van der Waals surface area contributed by atoms with E-state index < -0.39 is 30.1 Å². The van der Waals surface area contributed by atoms with E-state index in [2.05, 4.69) is 0 Å². The molecule has 0 saturated carbocycles. The van der Waals surface area contributed by atoms with Crippen LogP contribution in [0.4, 0.5) is 0 Å². The third kappa shape index (κ3) is 3.20. The summed E-state index contributed by atoms with van der Waals surface area (Å²) in [4.78, 5) is 11.1. The molecule has 0 aromatic rings. The van der Waals surface area contributed by atoms with Gasteiger partial charge < -0.3 is 24.4 Å². The number of ether oxygens (including phenoxy) is 3. The van der Waals surface area contributed by atoms with E-state index in [1.54, 1.807) is 6.92 Å².